The molecule has 112 valence electrons. The van der Waals surface area contributed by atoms with Gasteiger partial charge in [-0.25, -0.2) is 0 Å². The summed E-state index contributed by atoms with van der Waals surface area (Å²) in [6, 6.07) is 3.81. The van der Waals surface area contributed by atoms with Gasteiger partial charge in [0.1, 0.15) is 17.1 Å². The van der Waals surface area contributed by atoms with E-state index in [1.165, 1.54) is 32.1 Å². The SMILES string of the molecule is COc1cc(C)cc(OC)c1C(=O)PC1CCCCC1.[LiH]. The van der Waals surface area contributed by atoms with Gasteiger partial charge < -0.3 is 9.47 Å². The van der Waals surface area contributed by atoms with Crippen molar-refractivity contribution in [3.8, 4) is 11.5 Å². The zero-order valence-electron chi connectivity index (χ0n) is 12.5. The van der Waals surface area contributed by atoms with E-state index in [1.807, 2.05) is 19.1 Å². The third-order valence-electron chi connectivity index (χ3n) is 3.82. The van der Waals surface area contributed by atoms with E-state index in [0.29, 0.717) is 31.3 Å². The van der Waals surface area contributed by atoms with Crippen molar-refractivity contribution in [2.75, 3.05) is 14.2 Å². The molecule has 1 atom stereocenters. The number of carbonyl (C=O) groups excluding carboxylic acids is 1. The molecule has 1 saturated carbocycles. The standard InChI is InChI=1S/C16H23O3P.Li.H/c1-11-9-13(18-2)15(14(10-11)19-3)16(17)20-12-7-5-4-6-8-12;;/h9-10,12,20H,4-8H2,1-3H3;;. The fraction of sp³-hybridized carbons (Fsp3) is 0.562. The molecule has 1 aromatic rings. The molecule has 0 radical (unpaired) electrons. The number of benzene rings is 1. The van der Waals surface area contributed by atoms with Gasteiger partial charge in [0.15, 0.2) is 5.52 Å². The van der Waals surface area contributed by atoms with Gasteiger partial charge in [0.25, 0.3) is 0 Å². The fourth-order valence-corrected chi connectivity index (χ4v) is 4.23. The molecule has 1 aliphatic carbocycles. The number of aryl methyl sites for hydroxylation is 1. The Bertz CT molecular complexity index is 459. The molecular weight excluding hydrogens is 278 g/mol. The van der Waals surface area contributed by atoms with Crippen molar-refractivity contribution >= 4 is 33.0 Å². The summed E-state index contributed by atoms with van der Waals surface area (Å²) in [5, 5.41) is 0. The van der Waals surface area contributed by atoms with Crippen LogP contribution < -0.4 is 9.47 Å². The summed E-state index contributed by atoms with van der Waals surface area (Å²) in [5.74, 6) is 1.27. The molecule has 0 heterocycles. The number of carbonyl (C=O) groups is 1. The molecule has 0 N–H and O–H groups in total. The van der Waals surface area contributed by atoms with E-state index < -0.39 is 0 Å². The number of hydrogen-bond acceptors (Lipinski definition) is 3. The normalized spacial score (nSPS) is 15.8. The molecule has 21 heavy (non-hydrogen) atoms. The first-order valence-electron chi connectivity index (χ1n) is 7.19. The molecule has 3 nitrogen and oxygen atoms in total. The Hall–Kier alpha value is -0.483. The summed E-state index contributed by atoms with van der Waals surface area (Å²) in [4.78, 5) is 12.6. The Morgan fingerprint density at radius 1 is 1.10 bits per heavy atom. The Balaban J connectivity index is 0.00000220. The predicted octanol–water partition coefficient (Wildman–Crippen LogP) is 3.52. The maximum absolute atomic E-state index is 12.6. The summed E-state index contributed by atoms with van der Waals surface area (Å²) in [6.45, 7) is 1.97. The summed E-state index contributed by atoms with van der Waals surface area (Å²) >= 11 is 0. The fourth-order valence-electron chi connectivity index (χ4n) is 2.77. The van der Waals surface area contributed by atoms with Gasteiger partial charge in [-0.2, -0.15) is 0 Å². The summed E-state index contributed by atoms with van der Waals surface area (Å²) in [7, 11) is 3.54. The van der Waals surface area contributed by atoms with Crippen LogP contribution in [0.2, 0.25) is 0 Å². The molecule has 1 unspecified atom stereocenters. The zero-order valence-corrected chi connectivity index (χ0v) is 13.5. The van der Waals surface area contributed by atoms with E-state index in [0.717, 1.165) is 5.56 Å². The van der Waals surface area contributed by atoms with Crippen LogP contribution in [0.25, 0.3) is 0 Å². The van der Waals surface area contributed by atoms with Crippen molar-refractivity contribution in [3.05, 3.63) is 23.3 Å². The molecule has 0 bridgehead atoms. The van der Waals surface area contributed by atoms with Crippen molar-refractivity contribution in [1.82, 2.24) is 0 Å². The van der Waals surface area contributed by atoms with Gasteiger partial charge >= 0.3 is 18.9 Å². The van der Waals surface area contributed by atoms with Gasteiger partial charge in [-0.05, 0) is 51.7 Å². The van der Waals surface area contributed by atoms with E-state index in [-0.39, 0.29) is 24.4 Å². The summed E-state index contributed by atoms with van der Waals surface area (Å²) in [5.41, 5.74) is 2.37. The quantitative estimate of drug-likeness (QED) is 0.617. The minimum atomic E-state index is 0. The van der Waals surface area contributed by atoms with Crippen LogP contribution in [0, 0.1) is 6.92 Å². The average molecular weight is 302 g/mol. The van der Waals surface area contributed by atoms with Crippen LogP contribution in [0.15, 0.2) is 12.1 Å². The second-order valence-corrected chi connectivity index (χ2v) is 6.91. The first-order valence-corrected chi connectivity index (χ1v) is 8.27. The topological polar surface area (TPSA) is 35.5 Å². The Morgan fingerprint density at radius 3 is 2.10 bits per heavy atom. The third kappa shape index (κ3) is 4.75. The molecular formula is C16H24LiO3P. The third-order valence-corrected chi connectivity index (χ3v) is 5.32. The van der Waals surface area contributed by atoms with Crippen LogP contribution in [0.1, 0.15) is 48.0 Å². The molecule has 1 aromatic carbocycles. The van der Waals surface area contributed by atoms with Crippen LogP contribution in [0.4, 0.5) is 0 Å². The Labute approximate surface area is 141 Å². The Morgan fingerprint density at radius 2 is 1.62 bits per heavy atom. The number of hydrogen-bond donors (Lipinski definition) is 0. The summed E-state index contributed by atoms with van der Waals surface area (Å²) in [6.07, 6.45) is 6.19. The van der Waals surface area contributed by atoms with E-state index in [2.05, 4.69) is 0 Å². The van der Waals surface area contributed by atoms with Gasteiger partial charge in [-0.15, -0.1) is 0 Å². The van der Waals surface area contributed by atoms with Crippen molar-refractivity contribution in [2.24, 2.45) is 0 Å². The van der Waals surface area contributed by atoms with Crippen LogP contribution >= 0.6 is 8.58 Å². The van der Waals surface area contributed by atoms with Gasteiger partial charge in [-0.3, -0.25) is 4.79 Å². The van der Waals surface area contributed by atoms with Gasteiger partial charge in [0.2, 0.25) is 0 Å². The molecule has 0 amide bonds. The number of ether oxygens (including phenoxy) is 2. The van der Waals surface area contributed by atoms with Crippen LogP contribution in [0.3, 0.4) is 0 Å². The Kier molecular flexibility index (Phi) is 7.81. The zero-order chi connectivity index (χ0) is 14.5. The van der Waals surface area contributed by atoms with E-state index >= 15 is 0 Å². The maximum atomic E-state index is 12.6. The van der Waals surface area contributed by atoms with Crippen molar-refractivity contribution < 1.29 is 14.3 Å². The number of methoxy groups -OCH3 is 2. The molecule has 1 aliphatic rings. The van der Waals surface area contributed by atoms with Crippen LogP contribution in [-0.2, 0) is 0 Å². The molecule has 0 aliphatic heterocycles. The molecule has 0 spiro atoms. The molecule has 1 fully saturated rings. The second kappa shape index (κ2) is 8.84. The monoisotopic (exact) mass is 302 g/mol. The predicted molar refractivity (Wildman–Crippen MR) is 91.0 cm³/mol. The first-order chi connectivity index (χ1) is 9.65. The second-order valence-electron chi connectivity index (χ2n) is 5.35. The average Bonchev–Trinajstić information content (AvgIpc) is 2.46. The van der Waals surface area contributed by atoms with Gasteiger partial charge in [-0.1, -0.05) is 19.3 Å². The van der Waals surface area contributed by atoms with Gasteiger partial charge in [0, 0.05) is 0 Å². The van der Waals surface area contributed by atoms with E-state index in [9.17, 15) is 4.79 Å². The van der Waals surface area contributed by atoms with E-state index in [1.54, 1.807) is 14.2 Å². The molecule has 5 heteroatoms. The van der Waals surface area contributed by atoms with Crippen LogP contribution in [0.5, 0.6) is 11.5 Å². The minimum absolute atomic E-state index is 0. The van der Waals surface area contributed by atoms with E-state index in [4.69, 9.17) is 9.47 Å². The van der Waals surface area contributed by atoms with Crippen molar-refractivity contribution in [2.45, 2.75) is 44.7 Å². The van der Waals surface area contributed by atoms with Crippen molar-refractivity contribution in [1.29, 1.82) is 0 Å². The van der Waals surface area contributed by atoms with Crippen molar-refractivity contribution in [3.63, 3.8) is 0 Å². The molecule has 0 saturated heterocycles. The van der Waals surface area contributed by atoms with Crippen LogP contribution in [-0.4, -0.2) is 44.3 Å². The van der Waals surface area contributed by atoms with Gasteiger partial charge in [0.05, 0.1) is 14.2 Å². The summed E-state index contributed by atoms with van der Waals surface area (Å²) < 4.78 is 10.8. The number of rotatable bonds is 5. The molecule has 2 rings (SSSR count). The first kappa shape index (κ1) is 18.6. The molecule has 0 aromatic heterocycles.